The zero-order chi connectivity index (χ0) is 22.8. The first-order valence-electron chi connectivity index (χ1n) is 11.2. The second-order valence-corrected chi connectivity index (χ2v) is 8.35. The highest BCUT2D eigenvalue weighted by atomic mass is 16.5. The molecule has 0 aromatic carbocycles. The van der Waals surface area contributed by atoms with E-state index in [-0.39, 0.29) is 18.0 Å². The van der Waals surface area contributed by atoms with Gasteiger partial charge in [-0.1, -0.05) is 45.4 Å². The molecule has 0 spiro atoms. The number of anilines is 1. The van der Waals surface area contributed by atoms with E-state index < -0.39 is 0 Å². The van der Waals surface area contributed by atoms with Crippen LogP contribution >= 0.6 is 0 Å². The lowest BCUT2D eigenvalue weighted by Gasteiger charge is -2.32. The smallest absolute Gasteiger partial charge is 0.333 e. The Bertz CT molecular complexity index is 779. The van der Waals surface area contributed by atoms with Crippen molar-refractivity contribution in [2.24, 2.45) is 5.92 Å². The normalized spacial score (nSPS) is 15.1. The molecule has 0 radical (unpaired) electrons. The lowest BCUT2D eigenvalue weighted by atomic mass is 9.98. The molecule has 1 aliphatic heterocycles. The van der Waals surface area contributed by atoms with Gasteiger partial charge in [0.05, 0.1) is 12.4 Å². The molecule has 0 aliphatic carbocycles. The number of esters is 1. The Labute approximate surface area is 186 Å². The Morgan fingerprint density at radius 1 is 1.23 bits per heavy atom. The Kier molecular flexibility index (Phi) is 9.69. The average Bonchev–Trinajstić information content (AvgIpc) is 2.77. The Morgan fingerprint density at radius 2 is 1.94 bits per heavy atom. The van der Waals surface area contributed by atoms with Crippen LogP contribution in [-0.2, 0) is 9.53 Å². The van der Waals surface area contributed by atoms with Gasteiger partial charge in [-0.2, -0.15) is 0 Å². The number of aromatic nitrogens is 2. The highest BCUT2D eigenvalue weighted by molar-refractivity contribution is 5.91. The number of amides is 1. The number of piperidine rings is 1. The minimum atomic E-state index is -0.284. The fourth-order valence-corrected chi connectivity index (χ4v) is 3.66. The van der Waals surface area contributed by atoms with Crippen molar-refractivity contribution in [2.45, 2.75) is 65.4 Å². The van der Waals surface area contributed by atoms with Gasteiger partial charge in [-0.3, -0.25) is 4.79 Å². The monoisotopic (exact) mass is 428 g/mol. The molecule has 0 bridgehead atoms. The van der Waals surface area contributed by atoms with Crippen LogP contribution in [0.4, 0.5) is 5.82 Å². The first kappa shape index (κ1) is 24.6. The number of allylic oxidation sites excluding steroid dienone is 2. The van der Waals surface area contributed by atoms with Crippen molar-refractivity contribution in [1.82, 2.24) is 15.3 Å². The summed E-state index contributed by atoms with van der Waals surface area (Å²) in [4.78, 5) is 34.6. The summed E-state index contributed by atoms with van der Waals surface area (Å²) in [6.07, 6.45) is 10.4. The molecule has 0 saturated carbocycles. The van der Waals surface area contributed by atoms with Crippen LogP contribution in [0.15, 0.2) is 36.2 Å². The number of carbonyl (C=O) groups excluding carboxylic acids is 2. The average molecular weight is 429 g/mol. The number of carbonyl (C=O) groups is 2. The summed E-state index contributed by atoms with van der Waals surface area (Å²) in [5.74, 6) is 0.693. The molecule has 31 heavy (non-hydrogen) atoms. The second-order valence-electron chi connectivity index (χ2n) is 8.35. The van der Waals surface area contributed by atoms with E-state index in [1.54, 1.807) is 13.2 Å². The van der Waals surface area contributed by atoms with Crippen LogP contribution in [0, 0.1) is 5.92 Å². The first-order chi connectivity index (χ1) is 14.8. The predicted molar refractivity (Wildman–Crippen MR) is 123 cm³/mol. The maximum absolute atomic E-state index is 12.5. The number of nitrogens with zero attached hydrogens (tertiary/aromatic N) is 3. The van der Waals surface area contributed by atoms with E-state index in [2.05, 4.69) is 53.6 Å². The Hall–Kier alpha value is -2.70. The minimum absolute atomic E-state index is 0.111. The Morgan fingerprint density at radius 3 is 2.48 bits per heavy atom. The van der Waals surface area contributed by atoms with E-state index in [9.17, 15) is 9.59 Å². The van der Waals surface area contributed by atoms with Crippen molar-refractivity contribution in [2.75, 3.05) is 25.0 Å². The van der Waals surface area contributed by atoms with Gasteiger partial charge in [-0.25, -0.2) is 14.8 Å². The van der Waals surface area contributed by atoms with Gasteiger partial charge in [0.15, 0.2) is 0 Å². The fourth-order valence-electron chi connectivity index (χ4n) is 3.66. The van der Waals surface area contributed by atoms with E-state index in [0.29, 0.717) is 23.6 Å². The molecule has 1 N–H and O–H groups in total. The van der Waals surface area contributed by atoms with Gasteiger partial charge in [0.25, 0.3) is 5.91 Å². The second kappa shape index (κ2) is 12.2. The summed E-state index contributed by atoms with van der Waals surface area (Å²) in [6.45, 7) is 11.9. The van der Waals surface area contributed by atoms with Crippen molar-refractivity contribution < 1.29 is 14.3 Å². The standard InChI is InChI=1S/C24H36N4O3/c1-6-7-19(14-17(2)3)9-8-18(4)24(30)31-20-10-12-28(13-11-20)22-16-26-21(15-27-22)23(29)25-5/h14-17,20H,4,6-13H2,1-3,5H3,(H,25,29). The van der Waals surface area contributed by atoms with Crippen LogP contribution in [0.1, 0.15) is 69.8 Å². The van der Waals surface area contributed by atoms with E-state index >= 15 is 0 Å². The van der Waals surface area contributed by atoms with E-state index in [4.69, 9.17) is 4.74 Å². The van der Waals surface area contributed by atoms with E-state index in [0.717, 1.165) is 51.0 Å². The molecule has 2 heterocycles. The molecule has 2 rings (SSSR count). The molecular weight excluding hydrogens is 392 g/mol. The van der Waals surface area contributed by atoms with Crippen molar-refractivity contribution in [3.63, 3.8) is 0 Å². The molecule has 1 aromatic rings. The van der Waals surface area contributed by atoms with Crippen LogP contribution in [0.5, 0.6) is 0 Å². The van der Waals surface area contributed by atoms with Crippen molar-refractivity contribution in [3.05, 3.63) is 41.9 Å². The van der Waals surface area contributed by atoms with Crippen LogP contribution in [0.3, 0.4) is 0 Å². The molecule has 0 unspecified atom stereocenters. The van der Waals surface area contributed by atoms with Crippen LogP contribution < -0.4 is 10.2 Å². The molecule has 1 fully saturated rings. The van der Waals surface area contributed by atoms with Gasteiger partial charge < -0.3 is 15.0 Å². The summed E-state index contributed by atoms with van der Waals surface area (Å²) in [7, 11) is 1.56. The number of ether oxygens (including phenoxy) is 1. The molecule has 1 amide bonds. The van der Waals surface area contributed by atoms with Gasteiger partial charge in [-0.05, 0) is 25.2 Å². The third-order valence-corrected chi connectivity index (χ3v) is 5.31. The van der Waals surface area contributed by atoms with Crippen LogP contribution in [0.2, 0.25) is 0 Å². The summed E-state index contributed by atoms with van der Waals surface area (Å²) < 4.78 is 5.70. The predicted octanol–water partition coefficient (Wildman–Crippen LogP) is 4.07. The van der Waals surface area contributed by atoms with Gasteiger partial charge in [0.2, 0.25) is 0 Å². The van der Waals surface area contributed by atoms with Crippen LogP contribution in [0.25, 0.3) is 0 Å². The molecule has 1 aliphatic rings. The highest BCUT2D eigenvalue weighted by Crippen LogP contribution is 2.22. The topological polar surface area (TPSA) is 84.4 Å². The molecule has 1 aromatic heterocycles. The van der Waals surface area contributed by atoms with Crippen molar-refractivity contribution in [3.8, 4) is 0 Å². The lowest BCUT2D eigenvalue weighted by molar-refractivity contribution is -0.145. The minimum Gasteiger partial charge on any atom is -0.459 e. The van der Waals surface area contributed by atoms with E-state index in [1.165, 1.54) is 11.8 Å². The number of nitrogens with one attached hydrogen (secondary N) is 1. The number of hydrogen-bond donors (Lipinski definition) is 1. The maximum atomic E-state index is 12.5. The number of rotatable bonds is 10. The lowest BCUT2D eigenvalue weighted by Crippen LogP contribution is -2.38. The fraction of sp³-hybridized carbons (Fsp3) is 0.583. The Balaban J connectivity index is 1.79. The van der Waals surface area contributed by atoms with Gasteiger partial charge in [0, 0.05) is 38.6 Å². The van der Waals surface area contributed by atoms with Crippen molar-refractivity contribution >= 4 is 17.7 Å². The van der Waals surface area contributed by atoms with Crippen LogP contribution in [-0.4, -0.2) is 48.1 Å². The van der Waals surface area contributed by atoms with E-state index in [1.807, 2.05) is 0 Å². The van der Waals surface area contributed by atoms with Gasteiger partial charge in [-0.15, -0.1) is 0 Å². The highest BCUT2D eigenvalue weighted by Gasteiger charge is 2.24. The zero-order valence-corrected chi connectivity index (χ0v) is 19.3. The quantitative estimate of drug-likeness (QED) is 0.344. The summed E-state index contributed by atoms with van der Waals surface area (Å²) in [6, 6.07) is 0. The summed E-state index contributed by atoms with van der Waals surface area (Å²) in [5, 5.41) is 2.53. The largest absolute Gasteiger partial charge is 0.459 e. The molecule has 170 valence electrons. The SMILES string of the molecule is C=C(CCC(=CC(C)C)CCC)C(=O)OC1CCN(c2cnc(C(=O)NC)cn2)CC1. The summed E-state index contributed by atoms with van der Waals surface area (Å²) >= 11 is 0. The number of hydrogen-bond acceptors (Lipinski definition) is 6. The van der Waals surface area contributed by atoms with Gasteiger partial charge in [0.1, 0.15) is 17.6 Å². The zero-order valence-electron chi connectivity index (χ0n) is 19.3. The molecular formula is C24H36N4O3. The maximum Gasteiger partial charge on any atom is 0.333 e. The van der Waals surface area contributed by atoms with Crippen molar-refractivity contribution in [1.29, 1.82) is 0 Å². The summed E-state index contributed by atoms with van der Waals surface area (Å²) in [5.41, 5.74) is 2.23. The molecule has 1 saturated heterocycles. The van der Waals surface area contributed by atoms with Gasteiger partial charge >= 0.3 is 5.97 Å². The first-order valence-corrected chi connectivity index (χ1v) is 11.2. The molecule has 0 atom stereocenters. The third kappa shape index (κ3) is 7.81. The molecule has 7 nitrogen and oxygen atoms in total. The molecule has 7 heteroatoms. The third-order valence-electron chi connectivity index (χ3n) is 5.31.